The number of hydrogen-bond acceptors (Lipinski definition) is 5. The van der Waals surface area contributed by atoms with E-state index < -0.39 is 24.3 Å². The molecule has 0 fully saturated rings. The van der Waals surface area contributed by atoms with Gasteiger partial charge in [-0.05, 0) is 30.3 Å². The Morgan fingerprint density at radius 3 is 2.45 bits per heavy atom. The van der Waals surface area contributed by atoms with Gasteiger partial charge in [-0.2, -0.15) is 8.78 Å². The van der Waals surface area contributed by atoms with Gasteiger partial charge in [0.2, 0.25) is 5.91 Å². The summed E-state index contributed by atoms with van der Waals surface area (Å²) in [5.41, 5.74) is 5.53. The standard InChI is InChI=1S/C19H19F2N3O5/c1-28-15-10-11(6-7-14(15)29-19(20)21)17(26)24-13-5-3-2-4-12(13)18(27)23-9-8-16(22)25/h2-7,10,19H,8-9H2,1H3,(H2,22,25)(H,23,27)(H,24,26). The quantitative estimate of drug-likeness (QED) is 0.588. The van der Waals surface area contributed by atoms with Crippen LogP contribution >= 0.6 is 0 Å². The average molecular weight is 407 g/mol. The van der Waals surface area contributed by atoms with Crippen LogP contribution in [-0.2, 0) is 4.79 Å². The van der Waals surface area contributed by atoms with E-state index in [0.717, 1.165) is 0 Å². The summed E-state index contributed by atoms with van der Waals surface area (Å²) in [5.74, 6) is -1.91. The predicted molar refractivity (Wildman–Crippen MR) is 100 cm³/mol. The van der Waals surface area contributed by atoms with Crippen molar-refractivity contribution < 1.29 is 32.6 Å². The van der Waals surface area contributed by atoms with Gasteiger partial charge in [0.05, 0.1) is 18.4 Å². The summed E-state index contributed by atoms with van der Waals surface area (Å²) in [6, 6.07) is 9.95. The highest BCUT2D eigenvalue weighted by Gasteiger charge is 2.17. The first kappa shape index (κ1) is 21.6. The van der Waals surface area contributed by atoms with E-state index >= 15 is 0 Å². The lowest BCUT2D eigenvalue weighted by Gasteiger charge is -2.13. The fraction of sp³-hybridized carbons (Fsp3) is 0.211. The molecule has 0 bridgehead atoms. The van der Waals surface area contributed by atoms with E-state index in [1.54, 1.807) is 12.1 Å². The molecule has 154 valence electrons. The molecule has 0 spiro atoms. The van der Waals surface area contributed by atoms with Crippen molar-refractivity contribution in [2.75, 3.05) is 19.0 Å². The number of hydrogen-bond donors (Lipinski definition) is 3. The SMILES string of the molecule is COc1cc(C(=O)Nc2ccccc2C(=O)NCCC(N)=O)ccc1OC(F)F. The molecule has 2 rings (SSSR count). The van der Waals surface area contributed by atoms with Crippen molar-refractivity contribution in [2.45, 2.75) is 13.0 Å². The maximum atomic E-state index is 12.5. The van der Waals surface area contributed by atoms with Crippen molar-refractivity contribution in [1.29, 1.82) is 0 Å². The van der Waals surface area contributed by atoms with Gasteiger partial charge in [0.1, 0.15) is 0 Å². The number of halogens is 2. The number of methoxy groups -OCH3 is 1. The van der Waals surface area contributed by atoms with Crippen LogP contribution in [0.3, 0.4) is 0 Å². The number of primary amides is 1. The molecule has 2 aromatic rings. The van der Waals surface area contributed by atoms with Crippen LogP contribution in [-0.4, -0.2) is 38.0 Å². The third-order valence-corrected chi connectivity index (χ3v) is 3.72. The maximum Gasteiger partial charge on any atom is 0.387 e. The zero-order valence-electron chi connectivity index (χ0n) is 15.4. The molecule has 0 unspecified atom stereocenters. The number of carbonyl (C=O) groups excluding carboxylic acids is 3. The molecule has 2 aromatic carbocycles. The Kier molecular flexibility index (Phi) is 7.47. The second-order valence-electron chi connectivity index (χ2n) is 5.72. The molecule has 10 heteroatoms. The molecule has 0 atom stereocenters. The Hall–Kier alpha value is -3.69. The van der Waals surface area contributed by atoms with E-state index in [-0.39, 0.29) is 41.3 Å². The number of anilines is 1. The minimum absolute atomic E-state index is 0.0207. The summed E-state index contributed by atoms with van der Waals surface area (Å²) in [7, 11) is 1.25. The smallest absolute Gasteiger partial charge is 0.387 e. The number of rotatable bonds is 9. The maximum absolute atomic E-state index is 12.5. The molecule has 0 saturated carbocycles. The van der Waals surface area contributed by atoms with E-state index in [2.05, 4.69) is 15.4 Å². The van der Waals surface area contributed by atoms with Gasteiger partial charge in [-0.25, -0.2) is 0 Å². The van der Waals surface area contributed by atoms with Crippen molar-refractivity contribution in [2.24, 2.45) is 5.73 Å². The molecule has 0 saturated heterocycles. The van der Waals surface area contributed by atoms with Crippen molar-refractivity contribution in [3.63, 3.8) is 0 Å². The number of amides is 3. The van der Waals surface area contributed by atoms with Crippen molar-refractivity contribution in [3.8, 4) is 11.5 Å². The molecule has 0 aliphatic rings. The van der Waals surface area contributed by atoms with Gasteiger partial charge in [0.25, 0.3) is 11.8 Å². The molecule has 3 amide bonds. The molecular formula is C19H19F2N3O5. The summed E-state index contributed by atoms with van der Waals surface area (Å²) in [5, 5.41) is 5.11. The summed E-state index contributed by atoms with van der Waals surface area (Å²) in [6.07, 6.45) is -0.0207. The second-order valence-corrected chi connectivity index (χ2v) is 5.72. The number of benzene rings is 2. The van der Waals surface area contributed by atoms with Crippen LogP contribution in [0.25, 0.3) is 0 Å². The summed E-state index contributed by atoms with van der Waals surface area (Å²) in [6.45, 7) is -2.98. The van der Waals surface area contributed by atoms with Crippen LogP contribution < -0.4 is 25.8 Å². The highest BCUT2D eigenvalue weighted by molar-refractivity contribution is 6.09. The van der Waals surface area contributed by atoms with Crippen LogP contribution in [0.2, 0.25) is 0 Å². The predicted octanol–water partition coefficient (Wildman–Crippen LogP) is 2.15. The summed E-state index contributed by atoms with van der Waals surface area (Å²) < 4.78 is 34.1. The number of ether oxygens (including phenoxy) is 2. The largest absolute Gasteiger partial charge is 0.493 e. The Bertz CT molecular complexity index is 905. The molecule has 0 aliphatic carbocycles. The normalized spacial score (nSPS) is 10.3. The minimum Gasteiger partial charge on any atom is -0.493 e. The number of nitrogens with two attached hydrogens (primary N) is 1. The molecule has 29 heavy (non-hydrogen) atoms. The van der Waals surface area contributed by atoms with Gasteiger partial charge < -0.3 is 25.8 Å². The van der Waals surface area contributed by atoms with Gasteiger partial charge in [0.15, 0.2) is 11.5 Å². The van der Waals surface area contributed by atoms with Gasteiger partial charge in [0, 0.05) is 18.5 Å². The van der Waals surface area contributed by atoms with E-state index in [9.17, 15) is 23.2 Å². The molecule has 0 heterocycles. The lowest BCUT2D eigenvalue weighted by Crippen LogP contribution is -2.28. The van der Waals surface area contributed by atoms with Gasteiger partial charge in [-0.1, -0.05) is 12.1 Å². The first-order valence-corrected chi connectivity index (χ1v) is 8.41. The van der Waals surface area contributed by atoms with Gasteiger partial charge in [-0.15, -0.1) is 0 Å². The molecule has 4 N–H and O–H groups in total. The van der Waals surface area contributed by atoms with E-state index in [1.165, 1.54) is 37.4 Å². The zero-order valence-corrected chi connectivity index (χ0v) is 15.4. The number of alkyl halides is 2. The highest BCUT2D eigenvalue weighted by Crippen LogP contribution is 2.30. The molecular weight excluding hydrogens is 388 g/mol. The molecule has 0 aromatic heterocycles. The highest BCUT2D eigenvalue weighted by atomic mass is 19.3. The fourth-order valence-electron chi connectivity index (χ4n) is 2.38. The third-order valence-electron chi connectivity index (χ3n) is 3.72. The van der Waals surface area contributed by atoms with E-state index in [1.807, 2.05) is 0 Å². The fourth-order valence-corrected chi connectivity index (χ4v) is 2.38. The van der Waals surface area contributed by atoms with Crippen LogP contribution in [0.4, 0.5) is 14.5 Å². The van der Waals surface area contributed by atoms with Gasteiger partial charge in [-0.3, -0.25) is 14.4 Å². The first-order chi connectivity index (χ1) is 13.8. The molecule has 0 radical (unpaired) electrons. The van der Waals surface area contributed by atoms with E-state index in [0.29, 0.717) is 0 Å². The average Bonchev–Trinajstić information content (AvgIpc) is 2.67. The summed E-state index contributed by atoms with van der Waals surface area (Å²) in [4.78, 5) is 35.6. The third kappa shape index (κ3) is 6.16. The van der Waals surface area contributed by atoms with E-state index in [4.69, 9.17) is 10.5 Å². The number of nitrogens with one attached hydrogen (secondary N) is 2. The molecule has 0 aliphatic heterocycles. The lowest BCUT2D eigenvalue weighted by molar-refractivity contribution is -0.117. The monoisotopic (exact) mass is 407 g/mol. The van der Waals surface area contributed by atoms with Crippen molar-refractivity contribution >= 4 is 23.4 Å². The Morgan fingerprint density at radius 1 is 1.07 bits per heavy atom. The van der Waals surface area contributed by atoms with Crippen molar-refractivity contribution in [1.82, 2.24) is 5.32 Å². The lowest BCUT2D eigenvalue weighted by atomic mass is 10.1. The molecule has 8 nitrogen and oxygen atoms in total. The van der Waals surface area contributed by atoms with Crippen molar-refractivity contribution in [3.05, 3.63) is 53.6 Å². The van der Waals surface area contributed by atoms with Crippen LogP contribution in [0, 0.1) is 0 Å². The number of para-hydroxylation sites is 1. The van der Waals surface area contributed by atoms with Crippen LogP contribution in [0.5, 0.6) is 11.5 Å². The second kappa shape index (κ2) is 10.0. The van der Waals surface area contributed by atoms with Crippen LogP contribution in [0.15, 0.2) is 42.5 Å². The Labute approximate surface area is 165 Å². The van der Waals surface area contributed by atoms with Gasteiger partial charge >= 0.3 is 6.61 Å². The zero-order chi connectivity index (χ0) is 21.4. The minimum atomic E-state index is -3.04. The topological polar surface area (TPSA) is 120 Å². The number of carbonyl (C=O) groups is 3. The Balaban J connectivity index is 2.17. The summed E-state index contributed by atoms with van der Waals surface area (Å²) >= 11 is 0. The van der Waals surface area contributed by atoms with Crippen LogP contribution in [0.1, 0.15) is 27.1 Å². The first-order valence-electron chi connectivity index (χ1n) is 8.41. The Morgan fingerprint density at radius 2 is 1.79 bits per heavy atom.